The van der Waals surface area contributed by atoms with Crippen LogP contribution < -0.4 is 0 Å². The van der Waals surface area contributed by atoms with Crippen molar-refractivity contribution in [1.29, 1.82) is 0 Å². The van der Waals surface area contributed by atoms with Gasteiger partial charge in [-0.2, -0.15) is 0 Å². The summed E-state index contributed by atoms with van der Waals surface area (Å²) in [7, 11) is 0. The zero-order valence-corrected chi connectivity index (χ0v) is 14.6. The quantitative estimate of drug-likeness (QED) is 0.464. The van der Waals surface area contributed by atoms with Crippen molar-refractivity contribution in [1.82, 2.24) is 0 Å². The van der Waals surface area contributed by atoms with E-state index in [2.05, 4.69) is 33.8 Å². The lowest BCUT2D eigenvalue weighted by Crippen LogP contribution is -2.52. The zero-order valence-electron chi connectivity index (χ0n) is 14.6. The van der Waals surface area contributed by atoms with Crippen LogP contribution in [0.2, 0.25) is 0 Å². The standard InChI is InChI=1S/C21H34/c1-14-9-11-21(4)16(13-14)6-7-17-18-8-5-15(2)20(18,3)12-10-19(17)21/h5,14,16-19H,6-13H2,1-4H3/t14-,16?,17?,18?,19?,20?,21?/m0/s1. The Labute approximate surface area is 131 Å². The highest BCUT2D eigenvalue weighted by atomic mass is 14.6. The maximum absolute atomic E-state index is 2.69. The normalized spacial score (nSPS) is 56.2. The summed E-state index contributed by atoms with van der Waals surface area (Å²) in [5, 5.41) is 0. The molecule has 0 spiro atoms. The van der Waals surface area contributed by atoms with E-state index in [1.54, 1.807) is 12.0 Å². The summed E-state index contributed by atoms with van der Waals surface area (Å²) in [6.45, 7) is 10.2. The highest BCUT2D eigenvalue weighted by Crippen LogP contribution is 2.66. The average molecular weight is 287 g/mol. The van der Waals surface area contributed by atoms with Crippen LogP contribution >= 0.6 is 0 Å². The average Bonchev–Trinajstić information content (AvgIpc) is 2.76. The Hall–Kier alpha value is -0.260. The predicted molar refractivity (Wildman–Crippen MR) is 90.0 cm³/mol. The van der Waals surface area contributed by atoms with Crippen LogP contribution in [0, 0.1) is 40.4 Å². The number of fused-ring (bicyclic) bond motifs is 5. The van der Waals surface area contributed by atoms with E-state index < -0.39 is 0 Å². The smallest absolute Gasteiger partial charge is 0.00851 e. The van der Waals surface area contributed by atoms with E-state index in [1.165, 1.54) is 44.9 Å². The molecule has 0 radical (unpaired) electrons. The second-order valence-corrected chi connectivity index (χ2v) is 9.62. The van der Waals surface area contributed by atoms with Crippen LogP contribution in [0.3, 0.4) is 0 Å². The highest BCUT2D eigenvalue weighted by Gasteiger charge is 2.57. The van der Waals surface area contributed by atoms with E-state index in [9.17, 15) is 0 Å². The summed E-state index contributed by atoms with van der Waals surface area (Å²) in [5.41, 5.74) is 2.97. The molecule has 3 saturated carbocycles. The van der Waals surface area contributed by atoms with Crippen molar-refractivity contribution < 1.29 is 0 Å². The molecule has 0 aromatic heterocycles. The van der Waals surface area contributed by atoms with E-state index in [0.717, 1.165) is 29.6 Å². The maximum atomic E-state index is 2.69. The first-order chi connectivity index (χ1) is 9.95. The Morgan fingerprint density at radius 2 is 1.81 bits per heavy atom. The molecule has 0 aliphatic heterocycles. The molecule has 21 heavy (non-hydrogen) atoms. The molecule has 0 aromatic carbocycles. The van der Waals surface area contributed by atoms with Crippen LogP contribution in [-0.4, -0.2) is 0 Å². The first-order valence-electron chi connectivity index (χ1n) is 9.62. The number of allylic oxidation sites excluding steroid dienone is 2. The van der Waals surface area contributed by atoms with Gasteiger partial charge in [-0.1, -0.05) is 38.8 Å². The van der Waals surface area contributed by atoms with Crippen molar-refractivity contribution in [3.8, 4) is 0 Å². The summed E-state index contributed by atoms with van der Waals surface area (Å²) >= 11 is 0. The zero-order chi connectivity index (χ0) is 14.8. The molecule has 3 fully saturated rings. The first kappa shape index (κ1) is 14.3. The fourth-order valence-corrected chi connectivity index (χ4v) is 7.25. The van der Waals surface area contributed by atoms with Crippen molar-refractivity contribution in [2.45, 2.75) is 79.1 Å². The Kier molecular flexibility index (Phi) is 3.15. The lowest BCUT2D eigenvalue weighted by Gasteiger charge is -2.61. The SMILES string of the molecule is CC1=CCC2C3CCC4C[C@@H](C)CCC4(C)C3CCC12C. The molecular formula is C21H34. The van der Waals surface area contributed by atoms with Crippen molar-refractivity contribution in [3.63, 3.8) is 0 Å². The minimum atomic E-state index is 0.562. The second kappa shape index (κ2) is 4.62. The molecule has 0 nitrogen and oxygen atoms in total. The summed E-state index contributed by atoms with van der Waals surface area (Å²) in [6, 6.07) is 0. The first-order valence-corrected chi connectivity index (χ1v) is 9.62. The van der Waals surface area contributed by atoms with Crippen molar-refractivity contribution in [2.24, 2.45) is 40.4 Å². The van der Waals surface area contributed by atoms with Gasteiger partial charge in [0.15, 0.2) is 0 Å². The van der Waals surface area contributed by atoms with Gasteiger partial charge in [-0.15, -0.1) is 0 Å². The van der Waals surface area contributed by atoms with E-state index in [-0.39, 0.29) is 0 Å². The van der Waals surface area contributed by atoms with E-state index in [1.807, 2.05) is 0 Å². The lowest BCUT2D eigenvalue weighted by molar-refractivity contribution is -0.106. The van der Waals surface area contributed by atoms with Crippen LogP contribution in [0.25, 0.3) is 0 Å². The fraction of sp³-hybridized carbons (Fsp3) is 0.905. The van der Waals surface area contributed by atoms with Gasteiger partial charge >= 0.3 is 0 Å². The Balaban J connectivity index is 1.63. The molecule has 6 unspecified atom stereocenters. The van der Waals surface area contributed by atoms with Gasteiger partial charge in [0.25, 0.3) is 0 Å². The van der Waals surface area contributed by atoms with Gasteiger partial charge < -0.3 is 0 Å². The molecule has 4 aliphatic carbocycles. The van der Waals surface area contributed by atoms with Gasteiger partial charge in [-0.3, -0.25) is 0 Å². The highest BCUT2D eigenvalue weighted by molar-refractivity contribution is 5.23. The van der Waals surface area contributed by atoms with Crippen molar-refractivity contribution in [3.05, 3.63) is 11.6 Å². The third kappa shape index (κ3) is 1.86. The van der Waals surface area contributed by atoms with Gasteiger partial charge in [0.05, 0.1) is 0 Å². The van der Waals surface area contributed by atoms with E-state index in [0.29, 0.717) is 10.8 Å². The summed E-state index contributed by atoms with van der Waals surface area (Å²) in [6.07, 6.45) is 14.6. The molecule has 0 heterocycles. The van der Waals surface area contributed by atoms with Crippen molar-refractivity contribution >= 4 is 0 Å². The molecular weight excluding hydrogens is 252 g/mol. The molecule has 0 N–H and O–H groups in total. The minimum Gasteiger partial charge on any atom is -0.0847 e. The topological polar surface area (TPSA) is 0 Å². The van der Waals surface area contributed by atoms with Crippen molar-refractivity contribution in [2.75, 3.05) is 0 Å². The van der Waals surface area contributed by atoms with Crippen LogP contribution in [-0.2, 0) is 0 Å². The molecule has 4 rings (SSSR count). The number of hydrogen-bond donors (Lipinski definition) is 0. The monoisotopic (exact) mass is 286 g/mol. The van der Waals surface area contributed by atoms with Gasteiger partial charge in [-0.05, 0) is 92.3 Å². The van der Waals surface area contributed by atoms with Gasteiger partial charge in [-0.25, -0.2) is 0 Å². The maximum Gasteiger partial charge on any atom is -0.00851 e. The lowest BCUT2D eigenvalue weighted by atomic mass is 9.44. The molecule has 0 amide bonds. The second-order valence-electron chi connectivity index (χ2n) is 9.62. The van der Waals surface area contributed by atoms with Gasteiger partial charge in [0.1, 0.15) is 0 Å². The van der Waals surface area contributed by atoms with Gasteiger partial charge in [0, 0.05) is 0 Å². The Bertz CT molecular complexity index is 461. The van der Waals surface area contributed by atoms with Crippen LogP contribution in [0.1, 0.15) is 79.1 Å². The van der Waals surface area contributed by atoms with Crippen LogP contribution in [0.15, 0.2) is 11.6 Å². The minimum absolute atomic E-state index is 0.562. The number of rotatable bonds is 0. The third-order valence-electron chi connectivity index (χ3n) is 8.90. The largest absolute Gasteiger partial charge is 0.0847 e. The predicted octanol–water partition coefficient (Wildman–Crippen LogP) is 6.22. The molecule has 4 aliphatic rings. The molecule has 7 atom stereocenters. The van der Waals surface area contributed by atoms with Gasteiger partial charge in [0.2, 0.25) is 0 Å². The molecule has 0 saturated heterocycles. The molecule has 0 heteroatoms. The molecule has 0 aromatic rings. The third-order valence-corrected chi connectivity index (χ3v) is 8.90. The fourth-order valence-electron chi connectivity index (χ4n) is 7.25. The van der Waals surface area contributed by atoms with Crippen LogP contribution in [0.4, 0.5) is 0 Å². The summed E-state index contributed by atoms with van der Waals surface area (Å²) < 4.78 is 0. The summed E-state index contributed by atoms with van der Waals surface area (Å²) in [5.74, 6) is 5.09. The molecule has 0 bridgehead atoms. The van der Waals surface area contributed by atoms with E-state index in [4.69, 9.17) is 0 Å². The Morgan fingerprint density at radius 3 is 2.62 bits per heavy atom. The van der Waals surface area contributed by atoms with Crippen LogP contribution in [0.5, 0.6) is 0 Å². The van der Waals surface area contributed by atoms with E-state index >= 15 is 0 Å². The Morgan fingerprint density at radius 1 is 1.00 bits per heavy atom. The summed E-state index contributed by atoms with van der Waals surface area (Å²) in [4.78, 5) is 0. The number of hydrogen-bond acceptors (Lipinski definition) is 0. The molecule has 118 valence electrons.